The predicted molar refractivity (Wildman–Crippen MR) is 81.5 cm³/mol. The SMILES string of the molecule is COc1cccc(-c2nc(Cl)c3cc(Cl)ccc3n2)c1. The number of halogens is 2. The molecule has 0 amide bonds. The van der Waals surface area contributed by atoms with Gasteiger partial charge in [0.05, 0.1) is 12.6 Å². The second kappa shape index (κ2) is 5.27. The Kier molecular flexibility index (Phi) is 3.47. The number of nitrogens with zero attached hydrogens (tertiary/aromatic N) is 2. The number of rotatable bonds is 2. The molecule has 0 spiro atoms. The third-order valence-corrected chi connectivity index (χ3v) is 3.46. The normalized spacial score (nSPS) is 10.8. The van der Waals surface area contributed by atoms with Crippen LogP contribution in [0.25, 0.3) is 22.3 Å². The van der Waals surface area contributed by atoms with Crippen LogP contribution in [0.1, 0.15) is 0 Å². The monoisotopic (exact) mass is 304 g/mol. The lowest BCUT2D eigenvalue weighted by atomic mass is 10.2. The molecule has 0 aliphatic heterocycles. The fourth-order valence-electron chi connectivity index (χ4n) is 1.95. The summed E-state index contributed by atoms with van der Waals surface area (Å²) in [6.45, 7) is 0. The van der Waals surface area contributed by atoms with E-state index in [-0.39, 0.29) is 0 Å². The molecule has 0 N–H and O–H groups in total. The number of hydrogen-bond donors (Lipinski definition) is 0. The molecule has 0 unspecified atom stereocenters. The number of ether oxygens (including phenoxy) is 1. The molecule has 0 radical (unpaired) electrons. The van der Waals surface area contributed by atoms with E-state index in [4.69, 9.17) is 27.9 Å². The average Bonchev–Trinajstić information content (AvgIpc) is 2.48. The highest BCUT2D eigenvalue weighted by Crippen LogP contribution is 2.28. The summed E-state index contributed by atoms with van der Waals surface area (Å²) in [7, 11) is 1.62. The minimum Gasteiger partial charge on any atom is -0.497 e. The first-order chi connectivity index (χ1) is 9.67. The topological polar surface area (TPSA) is 35.0 Å². The quantitative estimate of drug-likeness (QED) is 0.648. The second-order valence-corrected chi connectivity index (χ2v) is 5.03. The zero-order chi connectivity index (χ0) is 14.1. The molecular formula is C15H10Cl2N2O. The molecule has 0 bridgehead atoms. The van der Waals surface area contributed by atoms with Gasteiger partial charge < -0.3 is 4.74 Å². The summed E-state index contributed by atoms with van der Waals surface area (Å²) in [5.74, 6) is 1.31. The summed E-state index contributed by atoms with van der Waals surface area (Å²) >= 11 is 12.2. The van der Waals surface area contributed by atoms with Crippen molar-refractivity contribution in [2.45, 2.75) is 0 Å². The molecular weight excluding hydrogens is 295 g/mol. The largest absolute Gasteiger partial charge is 0.497 e. The second-order valence-electron chi connectivity index (χ2n) is 4.23. The molecule has 0 saturated carbocycles. The van der Waals surface area contributed by atoms with E-state index in [9.17, 15) is 0 Å². The Morgan fingerprint density at radius 1 is 1.00 bits per heavy atom. The summed E-state index contributed by atoms with van der Waals surface area (Å²) in [6.07, 6.45) is 0. The fraction of sp³-hybridized carbons (Fsp3) is 0.0667. The predicted octanol–water partition coefficient (Wildman–Crippen LogP) is 4.61. The first kappa shape index (κ1) is 13.2. The molecule has 5 heteroatoms. The van der Waals surface area contributed by atoms with Crippen molar-refractivity contribution in [1.29, 1.82) is 0 Å². The first-order valence-corrected chi connectivity index (χ1v) is 6.70. The lowest BCUT2D eigenvalue weighted by Crippen LogP contribution is -1.92. The number of benzene rings is 2. The Balaban J connectivity index is 2.19. The van der Waals surface area contributed by atoms with Gasteiger partial charge >= 0.3 is 0 Å². The highest BCUT2D eigenvalue weighted by atomic mass is 35.5. The van der Waals surface area contributed by atoms with Crippen molar-refractivity contribution < 1.29 is 4.74 Å². The number of hydrogen-bond acceptors (Lipinski definition) is 3. The molecule has 20 heavy (non-hydrogen) atoms. The van der Waals surface area contributed by atoms with Crippen molar-refractivity contribution in [1.82, 2.24) is 9.97 Å². The number of methoxy groups -OCH3 is 1. The lowest BCUT2D eigenvalue weighted by molar-refractivity contribution is 0.415. The van der Waals surface area contributed by atoms with E-state index in [2.05, 4.69) is 9.97 Å². The van der Waals surface area contributed by atoms with Crippen LogP contribution in [0.15, 0.2) is 42.5 Å². The van der Waals surface area contributed by atoms with Crippen LogP contribution in [0, 0.1) is 0 Å². The average molecular weight is 305 g/mol. The van der Waals surface area contributed by atoms with Crippen LogP contribution < -0.4 is 4.74 Å². The highest BCUT2D eigenvalue weighted by Gasteiger charge is 2.09. The van der Waals surface area contributed by atoms with Crippen LogP contribution in [0.4, 0.5) is 0 Å². The van der Waals surface area contributed by atoms with Crippen LogP contribution in [0.3, 0.4) is 0 Å². The lowest BCUT2D eigenvalue weighted by Gasteiger charge is -2.06. The minimum atomic E-state index is 0.385. The fourth-order valence-corrected chi connectivity index (χ4v) is 2.36. The van der Waals surface area contributed by atoms with Crippen LogP contribution >= 0.6 is 23.2 Å². The van der Waals surface area contributed by atoms with Crippen molar-refractivity contribution in [3.63, 3.8) is 0 Å². The highest BCUT2D eigenvalue weighted by molar-refractivity contribution is 6.35. The van der Waals surface area contributed by atoms with Gasteiger partial charge in [-0.15, -0.1) is 0 Å². The van der Waals surface area contributed by atoms with Gasteiger partial charge in [0.15, 0.2) is 5.82 Å². The van der Waals surface area contributed by atoms with E-state index in [1.807, 2.05) is 30.3 Å². The number of fused-ring (bicyclic) bond motifs is 1. The molecule has 0 aliphatic carbocycles. The summed E-state index contributed by atoms with van der Waals surface area (Å²) in [5, 5.41) is 1.73. The maximum absolute atomic E-state index is 6.22. The van der Waals surface area contributed by atoms with E-state index in [1.54, 1.807) is 19.2 Å². The van der Waals surface area contributed by atoms with Crippen molar-refractivity contribution in [2.75, 3.05) is 7.11 Å². The van der Waals surface area contributed by atoms with E-state index in [1.165, 1.54) is 0 Å². The first-order valence-electron chi connectivity index (χ1n) is 5.94. The van der Waals surface area contributed by atoms with E-state index < -0.39 is 0 Å². The molecule has 0 fully saturated rings. The Bertz CT molecular complexity index is 790. The molecule has 0 atom stereocenters. The smallest absolute Gasteiger partial charge is 0.161 e. The third kappa shape index (κ3) is 2.42. The molecule has 1 aromatic heterocycles. The Morgan fingerprint density at radius 3 is 2.65 bits per heavy atom. The molecule has 0 aliphatic rings. The molecule has 3 rings (SSSR count). The molecule has 2 aromatic carbocycles. The summed E-state index contributed by atoms with van der Waals surface area (Å²) in [5.41, 5.74) is 1.61. The minimum absolute atomic E-state index is 0.385. The maximum Gasteiger partial charge on any atom is 0.161 e. The summed E-state index contributed by atoms with van der Waals surface area (Å²) in [4.78, 5) is 8.84. The van der Waals surface area contributed by atoms with Gasteiger partial charge in [-0.25, -0.2) is 9.97 Å². The third-order valence-electron chi connectivity index (χ3n) is 2.94. The Hall–Kier alpha value is -1.84. The maximum atomic E-state index is 6.22. The zero-order valence-electron chi connectivity index (χ0n) is 10.6. The van der Waals surface area contributed by atoms with Gasteiger partial charge in [0.2, 0.25) is 0 Å². The van der Waals surface area contributed by atoms with Gasteiger partial charge in [0.25, 0.3) is 0 Å². The van der Waals surface area contributed by atoms with Crippen molar-refractivity contribution in [2.24, 2.45) is 0 Å². The molecule has 3 aromatic rings. The van der Waals surface area contributed by atoms with Gasteiger partial charge in [-0.3, -0.25) is 0 Å². The van der Waals surface area contributed by atoms with E-state index >= 15 is 0 Å². The van der Waals surface area contributed by atoms with Gasteiger partial charge in [0, 0.05) is 16.0 Å². The summed E-state index contributed by atoms with van der Waals surface area (Å²) < 4.78 is 5.20. The standard InChI is InChI=1S/C15H10Cl2N2O/c1-20-11-4-2-3-9(7-11)15-18-13-6-5-10(16)8-12(13)14(17)19-15/h2-8H,1H3. The van der Waals surface area contributed by atoms with Gasteiger partial charge in [0.1, 0.15) is 10.9 Å². The molecule has 1 heterocycles. The van der Waals surface area contributed by atoms with Crippen LogP contribution in [0.2, 0.25) is 10.2 Å². The Labute approximate surface area is 126 Å². The van der Waals surface area contributed by atoms with E-state index in [0.717, 1.165) is 22.2 Å². The van der Waals surface area contributed by atoms with Crippen molar-refractivity contribution >= 4 is 34.1 Å². The van der Waals surface area contributed by atoms with Crippen LogP contribution in [-0.4, -0.2) is 17.1 Å². The van der Waals surface area contributed by atoms with Crippen LogP contribution in [0.5, 0.6) is 5.75 Å². The van der Waals surface area contributed by atoms with Crippen LogP contribution in [-0.2, 0) is 0 Å². The Morgan fingerprint density at radius 2 is 1.85 bits per heavy atom. The molecule has 100 valence electrons. The van der Waals surface area contributed by atoms with Crippen molar-refractivity contribution in [3.05, 3.63) is 52.6 Å². The summed E-state index contributed by atoms with van der Waals surface area (Å²) in [6, 6.07) is 12.9. The van der Waals surface area contributed by atoms with E-state index in [0.29, 0.717) is 16.0 Å². The molecule has 0 saturated heterocycles. The van der Waals surface area contributed by atoms with Gasteiger partial charge in [-0.2, -0.15) is 0 Å². The molecule has 3 nitrogen and oxygen atoms in total. The number of aromatic nitrogens is 2. The zero-order valence-corrected chi connectivity index (χ0v) is 12.1. The van der Waals surface area contributed by atoms with Gasteiger partial charge in [-0.1, -0.05) is 35.3 Å². The van der Waals surface area contributed by atoms with Gasteiger partial charge in [-0.05, 0) is 30.3 Å². The van der Waals surface area contributed by atoms with Crippen molar-refractivity contribution in [3.8, 4) is 17.1 Å².